The number of nitrogens with one attached hydrogen (secondary N) is 1. The predicted molar refractivity (Wildman–Crippen MR) is 78.1 cm³/mol. The molecule has 0 spiro atoms. The van der Waals surface area contributed by atoms with Crippen molar-refractivity contribution < 1.29 is 4.42 Å². The van der Waals surface area contributed by atoms with Crippen LogP contribution in [0.3, 0.4) is 0 Å². The maximum atomic E-state index is 5.24. The summed E-state index contributed by atoms with van der Waals surface area (Å²) in [6.45, 7) is 4.16. The zero-order valence-corrected chi connectivity index (χ0v) is 11.7. The van der Waals surface area contributed by atoms with Gasteiger partial charge in [0.15, 0.2) is 6.39 Å². The molecule has 0 amide bonds. The van der Waals surface area contributed by atoms with Gasteiger partial charge in [0, 0.05) is 12.6 Å². The molecule has 0 atom stereocenters. The number of oxazole rings is 1. The average Bonchev–Trinajstić information content (AvgIpc) is 3.01. The maximum Gasteiger partial charge on any atom is 0.180 e. The van der Waals surface area contributed by atoms with Gasteiger partial charge in [0.2, 0.25) is 0 Å². The van der Waals surface area contributed by atoms with Crippen LogP contribution in [-0.4, -0.2) is 29.0 Å². The van der Waals surface area contributed by atoms with Crippen LogP contribution in [0.4, 0.5) is 0 Å². The molecular formula is C16H21N3O. The molecule has 1 saturated heterocycles. The van der Waals surface area contributed by atoms with Gasteiger partial charge < -0.3 is 9.73 Å². The van der Waals surface area contributed by atoms with Crippen molar-refractivity contribution in [3.63, 3.8) is 0 Å². The molecule has 0 aliphatic carbocycles. The van der Waals surface area contributed by atoms with Gasteiger partial charge >= 0.3 is 0 Å². The van der Waals surface area contributed by atoms with Gasteiger partial charge in [0.1, 0.15) is 5.76 Å². The predicted octanol–water partition coefficient (Wildman–Crippen LogP) is 2.43. The van der Waals surface area contributed by atoms with Gasteiger partial charge in [0.25, 0.3) is 0 Å². The SMILES string of the molecule is c1ccc(CN2CCC(NCc3cnco3)CC2)cc1. The van der Waals surface area contributed by atoms with E-state index >= 15 is 0 Å². The number of benzene rings is 1. The molecule has 4 nitrogen and oxygen atoms in total. The molecule has 3 rings (SSSR count). The summed E-state index contributed by atoms with van der Waals surface area (Å²) in [5.41, 5.74) is 1.40. The Kier molecular flexibility index (Phi) is 4.46. The average molecular weight is 271 g/mol. The Morgan fingerprint density at radius 2 is 2.00 bits per heavy atom. The normalized spacial score (nSPS) is 17.4. The summed E-state index contributed by atoms with van der Waals surface area (Å²) in [5, 5.41) is 3.55. The van der Waals surface area contributed by atoms with Gasteiger partial charge in [-0.2, -0.15) is 0 Å². The maximum absolute atomic E-state index is 5.24. The van der Waals surface area contributed by atoms with Gasteiger partial charge in [-0.25, -0.2) is 4.98 Å². The summed E-state index contributed by atoms with van der Waals surface area (Å²) in [4.78, 5) is 6.46. The number of nitrogens with zero attached hydrogens (tertiary/aromatic N) is 2. The third-order valence-corrected chi connectivity index (χ3v) is 3.89. The lowest BCUT2D eigenvalue weighted by atomic mass is 10.0. The highest BCUT2D eigenvalue weighted by Crippen LogP contribution is 2.14. The summed E-state index contributed by atoms with van der Waals surface area (Å²) >= 11 is 0. The van der Waals surface area contributed by atoms with Crippen LogP contribution in [0, 0.1) is 0 Å². The van der Waals surface area contributed by atoms with Crippen LogP contribution in [0.25, 0.3) is 0 Å². The Bertz CT molecular complexity index is 490. The summed E-state index contributed by atoms with van der Waals surface area (Å²) in [5.74, 6) is 0.914. The number of likely N-dealkylation sites (tertiary alicyclic amines) is 1. The lowest BCUT2D eigenvalue weighted by molar-refractivity contribution is 0.188. The first-order valence-electron chi connectivity index (χ1n) is 7.27. The van der Waals surface area contributed by atoms with Gasteiger partial charge in [-0.15, -0.1) is 0 Å². The molecular weight excluding hydrogens is 250 g/mol. The minimum absolute atomic E-state index is 0.590. The fourth-order valence-corrected chi connectivity index (χ4v) is 2.71. The fraction of sp³-hybridized carbons (Fsp3) is 0.438. The molecule has 0 radical (unpaired) electrons. The van der Waals surface area contributed by atoms with E-state index in [0.717, 1.165) is 31.9 Å². The lowest BCUT2D eigenvalue weighted by Gasteiger charge is -2.32. The van der Waals surface area contributed by atoms with E-state index in [1.807, 2.05) is 0 Å². The van der Waals surface area contributed by atoms with Crippen molar-refractivity contribution in [3.05, 3.63) is 54.2 Å². The van der Waals surface area contributed by atoms with Crippen molar-refractivity contribution in [1.29, 1.82) is 0 Å². The first-order chi connectivity index (χ1) is 9.90. The molecule has 4 heteroatoms. The third-order valence-electron chi connectivity index (χ3n) is 3.89. The molecule has 1 aliphatic rings. The van der Waals surface area contributed by atoms with Crippen molar-refractivity contribution in [2.24, 2.45) is 0 Å². The van der Waals surface area contributed by atoms with E-state index in [2.05, 4.69) is 45.5 Å². The molecule has 106 valence electrons. The Hall–Kier alpha value is -1.65. The molecule has 1 aliphatic heterocycles. The highest BCUT2D eigenvalue weighted by Gasteiger charge is 2.18. The number of hydrogen-bond acceptors (Lipinski definition) is 4. The Morgan fingerprint density at radius 1 is 1.20 bits per heavy atom. The second-order valence-electron chi connectivity index (χ2n) is 5.38. The molecule has 2 heterocycles. The second kappa shape index (κ2) is 6.68. The van der Waals surface area contributed by atoms with Crippen molar-refractivity contribution >= 4 is 0 Å². The Labute approximate surface area is 119 Å². The lowest BCUT2D eigenvalue weighted by Crippen LogP contribution is -2.41. The highest BCUT2D eigenvalue weighted by molar-refractivity contribution is 5.14. The van der Waals surface area contributed by atoms with Crippen LogP contribution >= 0.6 is 0 Å². The summed E-state index contributed by atoms with van der Waals surface area (Å²) in [6.07, 6.45) is 5.65. The molecule has 1 fully saturated rings. The third kappa shape index (κ3) is 3.68. The molecule has 0 unspecified atom stereocenters. The fourth-order valence-electron chi connectivity index (χ4n) is 2.71. The van der Waals surface area contributed by atoms with Crippen molar-refractivity contribution in [1.82, 2.24) is 15.2 Å². The Balaban J connectivity index is 1.40. The van der Waals surface area contributed by atoms with E-state index in [-0.39, 0.29) is 0 Å². The van der Waals surface area contributed by atoms with Crippen LogP contribution in [0.5, 0.6) is 0 Å². The monoisotopic (exact) mass is 271 g/mol. The standard InChI is InChI=1S/C16H21N3O/c1-2-4-14(5-3-1)12-19-8-6-15(7-9-19)18-11-16-10-17-13-20-16/h1-5,10,13,15,18H,6-9,11-12H2. The van der Waals surface area contributed by atoms with E-state index in [0.29, 0.717) is 6.04 Å². The Morgan fingerprint density at radius 3 is 2.70 bits per heavy atom. The quantitative estimate of drug-likeness (QED) is 0.907. The zero-order chi connectivity index (χ0) is 13.6. The molecule has 20 heavy (non-hydrogen) atoms. The molecule has 2 aromatic rings. The smallest absolute Gasteiger partial charge is 0.180 e. The van der Waals surface area contributed by atoms with Gasteiger partial charge in [-0.1, -0.05) is 30.3 Å². The molecule has 0 bridgehead atoms. The number of rotatable bonds is 5. The first-order valence-corrected chi connectivity index (χ1v) is 7.27. The van der Waals surface area contributed by atoms with Gasteiger partial charge in [-0.3, -0.25) is 4.90 Å². The van der Waals surface area contributed by atoms with Crippen LogP contribution in [-0.2, 0) is 13.1 Å². The van der Waals surface area contributed by atoms with Gasteiger partial charge in [-0.05, 0) is 31.5 Å². The summed E-state index contributed by atoms with van der Waals surface area (Å²) < 4.78 is 5.24. The molecule has 1 aromatic carbocycles. The van der Waals surface area contributed by atoms with Crippen LogP contribution < -0.4 is 5.32 Å². The van der Waals surface area contributed by atoms with E-state index < -0.39 is 0 Å². The van der Waals surface area contributed by atoms with Crippen molar-refractivity contribution in [2.75, 3.05) is 13.1 Å². The van der Waals surface area contributed by atoms with Crippen LogP contribution in [0.15, 0.2) is 47.3 Å². The van der Waals surface area contributed by atoms with Crippen molar-refractivity contribution in [3.8, 4) is 0 Å². The topological polar surface area (TPSA) is 41.3 Å². The van der Waals surface area contributed by atoms with E-state index in [1.54, 1.807) is 6.20 Å². The van der Waals surface area contributed by atoms with E-state index in [9.17, 15) is 0 Å². The highest BCUT2D eigenvalue weighted by atomic mass is 16.3. The van der Waals surface area contributed by atoms with E-state index in [1.165, 1.54) is 24.8 Å². The van der Waals surface area contributed by atoms with Crippen LogP contribution in [0.2, 0.25) is 0 Å². The van der Waals surface area contributed by atoms with Crippen LogP contribution in [0.1, 0.15) is 24.2 Å². The minimum atomic E-state index is 0.590. The molecule has 1 N–H and O–H groups in total. The minimum Gasteiger partial charge on any atom is -0.447 e. The summed E-state index contributed by atoms with van der Waals surface area (Å²) in [7, 11) is 0. The number of aromatic nitrogens is 1. The van der Waals surface area contributed by atoms with E-state index in [4.69, 9.17) is 4.42 Å². The number of hydrogen-bond donors (Lipinski definition) is 1. The summed E-state index contributed by atoms with van der Waals surface area (Å²) in [6, 6.07) is 11.3. The zero-order valence-electron chi connectivity index (χ0n) is 11.7. The van der Waals surface area contributed by atoms with Gasteiger partial charge in [0.05, 0.1) is 12.7 Å². The first kappa shape index (κ1) is 13.3. The van der Waals surface area contributed by atoms with Crippen molar-refractivity contribution in [2.45, 2.75) is 32.0 Å². The molecule has 1 aromatic heterocycles. The number of piperidine rings is 1. The molecule has 0 saturated carbocycles. The second-order valence-corrected chi connectivity index (χ2v) is 5.38. The largest absolute Gasteiger partial charge is 0.447 e.